The quantitative estimate of drug-likeness (QED) is 0.919. The van der Waals surface area contributed by atoms with E-state index in [2.05, 4.69) is 38.5 Å². The molecule has 0 saturated carbocycles. The van der Waals surface area contributed by atoms with Crippen LogP contribution in [0.2, 0.25) is 0 Å². The number of aryl methyl sites for hydroxylation is 1. The Labute approximate surface area is 133 Å². The van der Waals surface area contributed by atoms with Crippen molar-refractivity contribution in [3.8, 4) is 5.75 Å². The normalized spacial score (nSPS) is 17.6. The topological polar surface area (TPSA) is 39.1 Å². The summed E-state index contributed by atoms with van der Waals surface area (Å²) >= 11 is 3.54. The van der Waals surface area contributed by atoms with E-state index in [4.69, 9.17) is 4.74 Å². The van der Waals surface area contributed by atoms with Crippen LogP contribution in [-0.2, 0) is 20.0 Å². The summed E-state index contributed by atoms with van der Waals surface area (Å²) in [5.41, 5.74) is 3.98. The van der Waals surface area contributed by atoms with Gasteiger partial charge in [-0.05, 0) is 52.9 Å². The van der Waals surface area contributed by atoms with E-state index in [9.17, 15) is 0 Å². The molecule has 0 fully saturated rings. The van der Waals surface area contributed by atoms with Gasteiger partial charge >= 0.3 is 0 Å². The molecule has 0 aliphatic heterocycles. The van der Waals surface area contributed by atoms with Crippen LogP contribution in [0, 0.1) is 0 Å². The third kappa shape index (κ3) is 2.99. The highest BCUT2D eigenvalue weighted by atomic mass is 79.9. The van der Waals surface area contributed by atoms with Crippen LogP contribution >= 0.6 is 15.9 Å². The molecule has 1 aliphatic carbocycles. The minimum absolute atomic E-state index is 0.406. The predicted octanol–water partition coefficient (Wildman–Crippen LogP) is 3.36. The number of aromatic nitrogens is 2. The van der Waals surface area contributed by atoms with Crippen molar-refractivity contribution >= 4 is 15.9 Å². The summed E-state index contributed by atoms with van der Waals surface area (Å²) < 4.78 is 8.27. The lowest BCUT2D eigenvalue weighted by Gasteiger charge is -2.24. The van der Waals surface area contributed by atoms with E-state index in [-0.39, 0.29) is 0 Å². The summed E-state index contributed by atoms with van der Waals surface area (Å²) in [4.78, 5) is 0. The summed E-state index contributed by atoms with van der Waals surface area (Å²) in [6.45, 7) is 0.849. The smallest absolute Gasteiger partial charge is 0.133 e. The van der Waals surface area contributed by atoms with Gasteiger partial charge in [0.25, 0.3) is 0 Å². The Balaban J connectivity index is 1.70. The van der Waals surface area contributed by atoms with Crippen molar-refractivity contribution in [3.05, 3.63) is 45.7 Å². The Morgan fingerprint density at radius 3 is 3.10 bits per heavy atom. The Kier molecular flexibility index (Phi) is 4.31. The molecule has 21 heavy (non-hydrogen) atoms. The fourth-order valence-corrected chi connectivity index (χ4v) is 3.57. The van der Waals surface area contributed by atoms with Crippen LogP contribution in [0.1, 0.15) is 35.7 Å². The first kappa shape index (κ1) is 14.6. The van der Waals surface area contributed by atoms with Crippen molar-refractivity contribution in [1.82, 2.24) is 15.1 Å². The lowest BCUT2D eigenvalue weighted by molar-refractivity contribution is 0.411. The minimum Gasteiger partial charge on any atom is -0.496 e. The van der Waals surface area contributed by atoms with E-state index in [1.807, 2.05) is 24.0 Å². The van der Waals surface area contributed by atoms with Gasteiger partial charge in [0.2, 0.25) is 0 Å². The van der Waals surface area contributed by atoms with E-state index < -0.39 is 0 Å². The number of halogens is 1. The Hall–Kier alpha value is -1.33. The standard InChI is InChI=1S/C16H20BrN3O/c1-20-15-5-3-4-14(12(15)10-19-20)18-9-11-6-7-16(21-2)13(17)8-11/h6-8,10,14,18H,3-5,9H2,1-2H3. The summed E-state index contributed by atoms with van der Waals surface area (Å²) in [6, 6.07) is 6.61. The van der Waals surface area contributed by atoms with Crippen LogP contribution in [0.4, 0.5) is 0 Å². The van der Waals surface area contributed by atoms with Crippen LogP contribution in [0.3, 0.4) is 0 Å². The molecule has 4 nitrogen and oxygen atoms in total. The van der Waals surface area contributed by atoms with Crippen molar-refractivity contribution in [2.45, 2.75) is 31.8 Å². The van der Waals surface area contributed by atoms with E-state index in [1.54, 1.807) is 7.11 Å². The molecular weight excluding hydrogens is 330 g/mol. The highest BCUT2D eigenvalue weighted by Gasteiger charge is 2.22. The second-order valence-corrected chi connectivity index (χ2v) is 6.32. The molecule has 5 heteroatoms. The first-order valence-electron chi connectivity index (χ1n) is 7.25. The molecule has 0 radical (unpaired) electrons. The van der Waals surface area contributed by atoms with Gasteiger partial charge in [-0.25, -0.2) is 0 Å². The number of nitrogens with zero attached hydrogens (tertiary/aromatic N) is 2. The molecule has 3 rings (SSSR count). The van der Waals surface area contributed by atoms with Crippen LogP contribution < -0.4 is 10.1 Å². The fraction of sp³-hybridized carbons (Fsp3) is 0.438. The average Bonchev–Trinajstić information content (AvgIpc) is 2.87. The van der Waals surface area contributed by atoms with Crippen LogP contribution in [0.5, 0.6) is 5.75 Å². The zero-order valence-corrected chi connectivity index (χ0v) is 14.0. The largest absolute Gasteiger partial charge is 0.496 e. The van der Waals surface area contributed by atoms with Crippen molar-refractivity contribution < 1.29 is 4.74 Å². The average molecular weight is 350 g/mol. The van der Waals surface area contributed by atoms with Gasteiger partial charge in [0.05, 0.1) is 17.8 Å². The summed E-state index contributed by atoms with van der Waals surface area (Å²) in [7, 11) is 3.71. The molecule has 0 bridgehead atoms. The molecule has 0 amide bonds. The third-order valence-corrected chi connectivity index (χ3v) is 4.76. The first-order chi connectivity index (χ1) is 10.2. The van der Waals surface area contributed by atoms with Crippen LogP contribution in [-0.4, -0.2) is 16.9 Å². The number of fused-ring (bicyclic) bond motifs is 1. The molecule has 0 spiro atoms. The van der Waals surface area contributed by atoms with Gasteiger partial charge in [0.15, 0.2) is 0 Å². The number of ether oxygens (including phenoxy) is 1. The highest BCUT2D eigenvalue weighted by molar-refractivity contribution is 9.10. The van der Waals surface area contributed by atoms with Gasteiger partial charge in [0.1, 0.15) is 5.75 Å². The van der Waals surface area contributed by atoms with Crippen LogP contribution in [0.25, 0.3) is 0 Å². The molecule has 2 aromatic rings. The Bertz CT molecular complexity index is 638. The number of hydrogen-bond donors (Lipinski definition) is 1. The molecule has 1 aromatic carbocycles. The van der Waals surface area contributed by atoms with Crippen LogP contribution in [0.15, 0.2) is 28.9 Å². The molecule has 1 atom stereocenters. The number of nitrogens with one attached hydrogen (secondary N) is 1. The predicted molar refractivity (Wildman–Crippen MR) is 86.4 cm³/mol. The molecule has 1 aliphatic rings. The van der Waals surface area contributed by atoms with Gasteiger partial charge in [0, 0.05) is 30.9 Å². The van der Waals surface area contributed by atoms with Crippen molar-refractivity contribution in [2.24, 2.45) is 7.05 Å². The van der Waals surface area contributed by atoms with Gasteiger partial charge in [-0.2, -0.15) is 5.10 Å². The zero-order valence-electron chi connectivity index (χ0n) is 12.4. The van der Waals surface area contributed by atoms with Crippen molar-refractivity contribution in [1.29, 1.82) is 0 Å². The second kappa shape index (κ2) is 6.20. The highest BCUT2D eigenvalue weighted by Crippen LogP contribution is 2.30. The monoisotopic (exact) mass is 349 g/mol. The number of hydrogen-bond acceptors (Lipinski definition) is 3. The van der Waals surface area contributed by atoms with Gasteiger partial charge in [-0.1, -0.05) is 6.07 Å². The lowest BCUT2D eigenvalue weighted by Crippen LogP contribution is -2.24. The third-order valence-electron chi connectivity index (χ3n) is 4.14. The lowest BCUT2D eigenvalue weighted by atomic mass is 9.93. The molecule has 1 unspecified atom stereocenters. The van der Waals surface area contributed by atoms with E-state index in [0.717, 1.165) is 23.2 Å². The van der Waals surface area contributed by atoms with Crippen molar-refractivity contribution in [3.63, 3.8) is 0 Å². The minimum atomic E-state index is 0.406. The van der Waals surface area contributed by atoms with Gasteiger partial charge < -0.3 is 10.1 Å². The summed E-state index contributed by atoms with van der Waals surface area (Å²) in [5.74, 6) is 0.867. The van der Waals surface area contributed by atoms with E-state index in [0.29, 0.717) is 6.04 Å². The van der Waals surface area contributed by atoms with Crippen molar-refractivity contribution in [2.75, 3.05) is 7.11 Å². The number of benzene rings is 1. The maximum Gasteiger partial charge on any atom is 0.133 e. The van der Waals surface area contributed by atoms with E-state index in [1.165, 1.54) is 29.7 Å². The fourth-order valence-electron chi connectivity index (χ4n) is 2.98. The SMILES string of the molecule is COc1ccc(CNC2CCCc3c2cnn3C)cc1Br. The molecule has 1 N–H and O–H groups in total. The van der Waals surface area contributed by atoms with E-state index >= 15 is 0 Å². The Morgan fingerprint density at radius 2 is 2.33 bits per heavy atom. The number of rotatable bonds is 4. The molecule has 112 valence electrons. The zero-order chi connectivity index (χ0) is 14.8. The first-order valence-corrected chi connectivity index (χ1v) is 8.05. The molecule has 0 saturated heterocycles. The maximum absolute atomic E-state index is 5.27. The maximum atomic E-state index is 5.27. The van der Waals surface area contributed by atoms with Gasteiger partial charge in [-0.15, -0.1) is 0 Å². The summed E-state index contributed by atoms with van der Waals surface area (Å²) in [5, 5.41) is 8.05. The molecule has 1 heterocycles. The number of methoxy groups -OCH3 is 1. The Morgan fingerprint density at radius 1 is 1.48 bits per heavy atom. The molecule has 1 aromatic heterocycles. The second-order valence-electron chi connectivity index (χ2n) is 5.46. The summed E-state index contributed by atoms with van der Waals surface area (Å²) in [6.07, 6.45) is 5.54. The van der Waals surface area contributed by atoms with Gasteiger partial charge in [-0.3, -0.25) is 4.68 Å². The molecular formula is C16H20BrN3O.